The first-order valence-corrected chi connectivity index (χ1v) is 5.91. The van der Waals surface area contributed by atoms with Crippen molar-refractivity contribution in [1.29, 1.82) is 0 Å². The SMILES string of the molecule is COc1cc(-c2cc(N)on2)ccc1SC. The van der Waals surface area contributed by atoms with Crippen LogP contribution in [0.4, 0.5) is 5.88 Å². The van der Waals surface area contributed by atoms with Crippen LogP contribution in [0.5, 0.6) is 5.75 Å². The highest BCUT2D eigenvalue weighted by atomic mass is 32.2. The standard InChI is InChI=1S/C11H12N2O2S/c1-14-9-5-7(3-4-10(9)16-2)8-6-11(12)15-13-8/h3-6H,12H2,1-2H3. The fourth-order valence-electron chi connectivity index (χ4n) is 1.42. The van der Waals surface area contributed by atoms with Crippen LogP contribution >= 0.6 is 11.8 Å². The maximum Gasteiger partial charge on any atom is 0.222 e. The predicted molar refractivity (Wildman–Crippen MR) is 64.7 cm³/mol. The van der Waals surface area contributed by atoms with Gasteiger partial charge in [0.15, 0.2) is 0 Å². The van der Waals surface area contributed by atoms with Gasteiger partial charge < -0.3 is 15.0 Å². The number of nitrogens with zero attached hydrogens (tertiary/aromatic N) is 1. The van der Waals surface area contributed by atoms with E-state index in [4.69, 9.17) is 15.0 Å². The summed E-state index contributed by atoms with van der Waals surface area (Å²) >= 11 is 1.64. The summed E-state index contributed by atoms with van der Waals surface area (Å²) < 4.78 is 10.1. The van der Waals surface area contributed by atoms with E-state index in [-0.39, 0.29) is 0 Å². The molecule has 0 spiro atoms. The molecule has 1 heterocycles. The molecule has 0 amide bonds. The zero-order valence-corrected chi connectivity index (χ0v) is 9.88. The van der Waals surface area contributed by atoms with Crippen molar-refractivity contribution < 1.29 is 9.26 Å². The van der Waals surface area contributed by atoms with E-state index in [2.05, 4.69) is 5.16 Å². The molecule has 1 aromatic heterocycles. The van der Waals surface area contributed by atoms with Crippen molar-refractivity contribution in [2.45, 2.75) is 4.90 Å². The number of benzene rings is 1. The van der Waals surface area contributed by atoms with Crippen molar-refractivity contribution in [3.05, 3.63) is 24.3 Å². The molecule has 0 unspecified atom stereocenters. The normalized spacial score (nSPS) is 10.4. The lowest BCUT2D eigenvalue weighted by molar-refractivity contribution is 0.405. The molecule has 2 N–H and O–H groups in total. The minimum Gasteiger partial charge on any atom is -0.496 e. The van der Waals surface area contributed by atoms with Gasteiger partial charge in [0, 0.05) is 16.5 Å². The molecule has 5 heteroatoms. The molecule has 2 aromatic rings. The Morgan fingerprint density at radius 3 is 2.75 bits per heavy atom. The van der Waals surface area contributed by atoms with Crippen molar-refractivity contribution in [3.8, 4) is 17.0 Å². The van der Waals surface area contributed by atoms with E-state index >= 15 is 0 Å². The smallest absolute Gasteiger partial charge is 0.222 e. The lowest BCUT2D eigenvalue weighted by Gasteiger charge is -2.06. The summed E-state index contributed by atoms with van der Waals surface area (Å²) in [5, 5.41) is 3.85. The summed E-state index contributed by atoms with van der Waals surface area (Å²) in [6.45, 7) is 0. The Morgan fingerprint density at radius 1 is 1.38 bits per heavy atom. The van der Waals surface area contributed by atoms with Crippen LogP contribution in [0.15, 0.2) is 33.7 Å². The van der Waals surface area contributed by atoms with Crippen LogP contribution in [0, 0.1) is 0 Å². The fourth-order valence-corrected chi connectivity index (χ4v) is 1.97. The largest absolute Gasteiger partial charge is 0.496 e. The van der Waals surface area contributed by atoms with Crippen LogP contribution < -0.4 is 10.5 Å². The molecule has 84 valence electrons. The lowest BCUT2D eigenvalue weighted by Crippen LogP contribution is -1.87. The minimum absolute atomic E-state index is 0.308. The number of nitrogens with two attached hydrogens (primary N) is 1. The van der Waals surface area contributed by atoms with Crippen molar-refractivity contribution >= 4 is 17.6 Å². The van der Waals surface area contributed by atoms with Gasteiger partial charge in [-0.25, -0.2) is 0 Å². The van der Waals surface area contributed by atoms with Crippen molar-refractivity contribution in [2.24, 2.45) is 0 Å². The summed E-state index contributed by atoms with van der Waals surface area (Å²) in [6, 6.07) is 7.56. The number of nitrogen functional groups attached to an aromatic ring is 1. The average Bonchev–Trinajstić information content (AvgIpc) is 2.75. The van der Waals surface area contributed by atoms with Crippen LogP contribution in [-0.2, 0) is 0 Å². The van der Waals surface area contributed by atoms with Gasteiger partial charge in [-0.3, -0.25) is 0 Å². The van der Waals surface area contributed by atoms with Crippen LogP contribution in [0.3, 0.4) is 0 Å². The van der Waals surface area contributed by atoms with Crippen molar-refractivity contribution in [3.63, 3.8) is 0 Å². The minimum atomic E-state index is 0.308. The third-order valence-corrected chi connectivity index (χ3v) is 2.98. The number of thioether (sulfide) groups is 1. The van der Waals surface area contributed by atoms with E-state index in [0.717, 1.165) is 16.2 Å². The van der Waals surface area contributed by atoms with Gasteiger partial charge in [-0.2, -0.15) is 0 Å². The van der Waals surface area contributed by atoms with Gasteiger partial charge in [-0.15, -0.1) is 11.8 Å². The maximum absolute atomic E-state index is 5.48. The molecule has 0 saturated heterocycles. The van der Waals surface area contributed by atoms with Crippen LogP contribution in [-0.4, -0.2) is 18.5 Å². The Kier molecular flexibility index (Phi) is 3.05. The molecule has 1 aromatic carbocycles. The van der Waals surface area contributed by atoms with Gasteiger partial charge >= 0.3 is 0 Å². The van der Waals surface area contributed by atoms with E-state index in [0.29, 0.717) is 11.6 Å². The fraction of sp³-hybridized carbons (Fsp3) is 0.182. The third kappa shape index (κ3) is 1.99. The first kappa shape index (κ1) is 10.9. The molecule has 0 radical (unpaired) electrons. The molecule has 0 aliphatic carbocycles. The first-order chi connectivity index (χ1) is 7.74. The summed E-state index contributed by atoms with van der Waals surface area (Å²) in [5.74, 6) is 1.13. The monoisotopic (exact) mass is 236 g/mol. The van der Waals surface area contributed by atoms with E-state index in [9.17, 15) is 0 Å². The lowest BCUT2D eigenvalue weighted by atomic mass is 10.1. The quantitative estimate of drug-likeness (QED) is 0.830. The summed E-state index contributed by atoms with van der Waals surface area (Å²) in [7, 11) is 1.65. The number of anilines is 1. The Hall–Kier alpha value is -1.62. The molecular formula is C11H12N2O2S. The number of aromatic nitrogens is 1. The maximum atomic E-state index is 5.48. The number of hydrogen-bond acceptors (Lipinski definition) is 5. The second kappa shape index (κ2) is 4.49. The van der Waals surface area contributed by atoms with Gasteiger partial charge in [0.25, 0.3) is 0 Å². The highest BCUT2D eigenvalue weighted by Gasteiger charge is 2.08. The van der Waals surface area contributed by atoms with E-state index in [1.54, 1.807) is 24.9 Å². The molecule has 0 atom stereocenters. The number of ether oxygens (including phenoxy) is 1. The summed E-state index contributed by atoms with van der Waals surface area (Å²) in [5.41, 5.74) is 7.12. The topological polar surface area (TPSA) is 61.3 Å². The Bertz CT molecular complexity index is 496. The zero-order valence-electron chi connectivity index (χ0n) is 9.06. The average molecular weight is 236 g/mol. The number of rotatable bonds is 3. The van der Waals surface area contributed by atoms with Crippen LogP contribution in [0.1, 0.15) is 0 Å². The predicted octanol–water partition coefficient (Wildman–Crippen LogP) is 2.65. The molecule has 0 saturated carbocycles. The van der Waals surface area contributed by atoms with Gasteiger partial charge in [0.05, 0.1) is 7.11 Å². The van der Waals surface area contributed by atoms with E-state index in [1.165, 1.54) is 0 Å². The van der Waals surface area contributed by atoms with E-state index < -0.39 is 0 Å². The molecule has 16 heavy (non-hydrogen) atoms. The third-order valence-electron chi connectivity index (χ3n) is 2.21. The van der Waals surface area contributed by atoms with Crippen LogP contribution in [0.2, 0.25) is 0 Å². The molecule has 0 aliphatic rings. The zero-order chi connectivity index (χ0) is 11.5. The van der Waals surface area contributed by atoms with E-state index in [1.807, 2.05) is 24.5 Å². The first-order valence-electron chi connectivity index (χ1n) is 4.69. The van der Waals surface area contributed by atoms with Gasteiger partial charge in [-0.1, -0.05) is 11.2 Å². The number of hydrogen-bond donors (Lipinski definition) is 1. The second-order valence-electron chi connectivity index (χ2n) is 3.18. The molecular weight excluding hydrogens is 224 g/mol. The second-order valence-corrected chi connectivity index (χ2v) is 4.03. The Morgan fingerprint density at radius 2 is 2.19 bits per heavy atom. The summed E-state index contributed by atoms with van der Waals surface area (Å²) in [4.78, 5) is 1.09. The van der Waals surface area contributed by atoms with Gasteiger partial charge in [0.2, 0.25) is 5.88 Å². The van der Waals surface area contributed by atoms with Crippen molar-refractivity contribution in [1.82, 2.24) is 5.16 Å². The molecule has 4 nitrogen and oxygen atoms in total. The Labute approximate surface area is 97.8 Å². The van der Waals surface area contributed by atoms with Gasteiger partial charge in [-0.05, 0) is 18.4 Å². The molecule has 2 rings (SSSR count). The van der Waals surface area contributed by atoms with Gasteiger partial charge in [0.1, 0.15) is 11.4 Å². The number of methoxy groups -OCH3 is 1. The highest BCUT2D eigenvalue weighted by molar-refractivity contribution is 7.98. The Balaban J connectivity index is 2.43. The summed E-state index contributed by atoms with van der Waals surface area (Å²) in [6.07, 6.45) is 2.01. The highest BCUT2D eigenvalue weighted by Crippen LogP contribution is 2.32. The molecule has 0 bridgehead atoms. The molecule has 0 fully saturated rings. The molecule has 0 aliphatic heterocycles. The van der Waals surface area contributed by atoms with Crippen LogP contribution in [0.25, 0.3) is 11.3 Å². The van der Waals surface area contributed by atoms with Crippen molar-refractivity contribution in [2.75, 3.05) is 19.1 Å².